The molecule has 0 amide bonds. The van der Waals surface area contributed by atoms with Crippen LogP contribution in [0.4, 0.5) is 0 Å². The van der Waals surface area contributed by atoms with E-state index in [0.717, 1.165) is 57.8 Å². The van der Waals surface area contributed by atoms with Gasteiger partial charge in [0.2, 0.25) is 6.79 Å². The summed E-state index contributed by atoms with van der Waals surface area (Å²) < 4.78 is 10.3. The summed E-state index contributed by atoms with van der Waals surface area (Å²) in [5, 5.41) is 22.1. The van der Waals surface area contributed by atoms with Crippen LogP contribution in [0.5, 0.6) is 0 Å². The van der Waals surface area contributed by atoms with Gasteiger partial charge in [0.05, 0.1) is 12.2 Å². The van der Waals surface area contributed by atoms with E-state index in [1.807, 2.05) is 0 Å². The van der Waals surface area contributed by atoms with E-state index >= 15 is 0 Å². The van der Waals surface area contributed by atoms with Gasteiger partial charge in [0.25, 0.3) is 0 Å². The SMILES string of the molecule is C[C@H](CCC(=O)OCOC(=O)CCC1CCCCC1=O)C1CCC2C3CC[C@@H]4C[C@H](O)CC[C@]4(C)C3C[C@H](O)[C@@]21C. The van der Waals surface area contributed by atoms with Crippen LogP contribution in [-0.2, 0) is 23.9 Å². The molecule has 7 nitrogen and oxygen atoms in total. The molecule has 2 N–H and O–H groups in total. The Labute approximate surface area is 246 Å². The van der Waals surface area contributed by atoms with E-state index in [1.165, 1.54) is 12.8 Å². The lowest BCUT2D eigenvalue weighted by atomic mass is 9.43. The van der Waals surface area contributed by atoms with Crippen molar-refractivity contribution in [3.05, 3.63) is 0 Å². The molecule has 232 valence electrons. The lowest BCUT2D eigenvalue weighted by Gasteiger charge is -2.62. The summed E-state index contributed by atoms with van der Waals surface area (Å²) in [6.45, 7) is 6.63. The van der Waals surface area contributed by atoms with Crippen LogP contribution in [0.1, 0.15) is 124 Å². The second-order valence-electron chi connectivity index (χ2n) is 15.0. The van der Waals surface area contributed by atoms with Gasteiger partial charge >= 0.3 is 11.9 Å². The first-order valence-corrected chi connectivity index (χ1v) is 16.7. The zero-order chi connectivity index (χ0) is 29.4. The third-order valence-electron chi connectivity index (χ3n) is 13.1. The molecule has 11 atom stereocenters. The lowest BCUT2D eigenvalue weighted by molar-refractivity contribution is -0.175. The molecule has 41 heavy (non-hydrogen) atoms. The molecule has 0 radical (unpaired) electrons. The number of hydrogen-bond donors (Lipinski definition) is 2. The van der Waals surface area contributed by atoms with Gasteiger partial charge in [0.15, 0.2) is 0 Å². The van der Waals surface area contributed by atoms with E-state index in [4.69, 9.17) is 9.47 Å². The molecule has 5 saturated carbocycles. The van der Waals surface area contributed by atoms with Crippen molar-refractivity contribution in [3.8, 4) is 0 Å². The molecular formula is C34H54O7. The van der Waals surface area contributed by atoms with Gasteiger partial charge in [-0.25, -0.2) is 0 Å². The van der Waals surface area contributed by atoms with Crippen molar-refractivity contribution in [2.75, 3.05) is 6.79 Å². The first kappa shape index (κ1) is 31.0. The Morgan fingerprint density at radius 1 is 0.927 bits per heavy atom. The number of carbonyl (C=O) groups is 3. The molecule has 5 aliphatic carbocycles. The van der Waals surface area contributed by atoms with Gasteiger partial charge in [-0.05, 0) is 123 Å². The average Bonchev–Trinajstić information content (AvgIpc) is 3.31. The second-order valence-corrected chi connectivity index (χ2v) is 15.0. The Morgan fingerprint density at radius 3 is 2.44 bits per heavy atom. The van der Waals surface area contributed by atoms with Gasteiger partial charge in [0.1, 0.15) is 5.78 Å². The molecule has 0 spiro atoms. The van der Waals surface area contributed by atoms with Crippen molar-refractivity contribution < 1.29 is 34.1 Å². The fraction of sp³-hybridized carbons (Fsp3) is 0.912. The van der Waals surface area contributed by atoms with Crippen LogP contribution < -0.4 is 0 Å². The van der Waals surface area contributed by atoms with Gasteiger partial charge in [0, 0.05) is 25.2 Å². The zero-order valence-electron chi connectivity index (χ0n) is 25.7. The highest BCUT2D eigenvalue weighted by Gasteiger charge is 2.63. The fourth-order valence-corrected chi connectivity index (χ4v) is 10.7. The first-order valence-electron chi connectivity index (χ1n) is 16.7. The molecule has 7 heteroatoms. The maximum atomic E-state index is 12.5. The van der Waals surface area contributed by atoms with Gasteiger partial charge in [-0.1, -0.05) is 27.2 Å². The average molecular weight is 575 g/mol. The normalized spacial score (nSPS) is 42.9. The zero-order valence-corrected chi connectivity index (χ0v) is 25.7. The van der Waals surface area contributed by atoms with Crippen molar-refractivity contribution in [3.63, 3.8) is 0 Å². The van der Waals surface area contributed by atoms with Crippen molar-refractivity contribution in [1.82, 2.24) is 0 Å². The number of esters is 2. The molecule has 5 fully saturated rings. The largest absolute Gasteiger partial charge is 0.428 e. The van der Waals surface area contributed by atoms with E-state index in [9.17, 15) is 24.6 Å². The van der Waals surface area contributed by atoms with Gasteiger partial charge in [-0.2, -0.15) is 0 Å². The molecule has 5 aliphatic rings. The Hall–Kier alpha value is -1.47. The molecule has 0 aromatic rings. The van der Waals surface area contributed by atoms with Crippen molar-refractivity contribution in [2.45, 2.75) is 136 Å². The van der Waals surface area contributed by atoms with Crippen LogP contribution in [0.3, 0.4) is 0 Å². The number of ether oxygens (including phenoxy) is 2. The van der Waals surface area contributed by atoms with Crippen LogP contribution >= 0.6 is 0 Å². The van der Waals surface area contributed by atoms with E-state index in [-0.39, 0.29) is 66.3 Å². The monoisotopic (exact) mass is 574 g/mol. The molecule has 0 heterocycles. The Morgan fingerprint density at radius 2 is 1.68 bits per heavy atom. The van der Waals surface area contributed by atoms with Crippen molar-refractivity contribution in [1.29, 1.82) is 0 Å². The molecule has 0 aromatic heterocycles. The van der Waals surface area contributed by atoms with Crippen LogP contribution in [0.2, 0.25) is 0 Å². The first-order chi connectivity index (χ1) is 19.5. The van der Waals surface area contributed by atoms with Crippen LogP contribution in [-0.4, -0.2) is 46.9 Å². The predicted octanol–water partition coefficient (Wildman–Crippen LogP) is 5.98. The summed E-state index contributed by atoms with van der Waals surface area (Å²) >= 11 is 0. The topological polar surface area (TPSA) is 110 Å². The van der Waals surface area contributed by atoms with E-state index in [0.29, 0.717) is 48.9 Å². The van der Waals surface area contributed by atoms with Crippen LogP contribution in [0.15, 0.2) is 0 Å². The molecular weight excluding hydrogens is 520 g/mol. The summed E-state index contributed by atoms with van der Waals surface area (Å²) in [6, 6.07) is 0. The summed E-state index contributed by atoms with van der Waals surface area (Å²) in [6.07, 6.45) is 13.1. The van der Waals surface area contributed by atoms with Crippen LogP contribution in [0.25, 0.3) is 0 Å². The fourth-order valence-electron chi connectivity index (χ4n) is 10.7. The van der Waals surface area contributed by atoms with E-state index < -0.39 is 5.97 Å². The number of ketones is 1. The Kier molecular flexibility index (Phi) is 9.55. The number of Topliss-reactive ketones (excluding diaryl/α,β-unsaturated/α-hetero) is 1. The lowest BCUT2D eigenvalue weighted by Crippen LogP contribution is -2.58. The van der Waals surface area contributed by atoms with Gasteiger partial charge in [-0.15, -0.1) is 0 Å². The van der Waals surface area contributed by atoms with Gasteiger partial charge in [-0.3, -0.25) is 14.4 Å². The number of carbonyl (C=O) groups excluding carboxylic acids is 3. The van der Waals surface area contributed by atoms with Crippen molar-refractivity contribution >= 4 is 17.7 Å². The second kappa shape index (κ2) is 12.6. The highest BCUT2D eigenvalue weighted by molar-refractivity contribution is 5.82. The molecule has 0 saturated heterocycles. The highest BCUT2D eigenvalue weighted by Crippen LogP contribution is 2.68. The minimum Gasteiger partial charge on any atom is -0.428 e. The third-order valence-corrected chi connectivity index (χ3v) is 13.1. The maximum Gasteiger partial charge on any atom is 0.308 e. The number of aliphatic hydroxyl groups is 2. The molecule has 0 bridgehead atoms. The van der Waals surface area contributed by atoms with Crippen molar-refractivity contribution in [2.24, 2.45) is 52.3 Å². The number of rotatable bonds is 9. The number of aliphatic hydroxyl groups excluding tert-OH is 2. The molecule has 0 aliphatic heterocycles. The molecule has 5 rings (SSSR count). The Bertz CT molecular complexity index is 965. The third kappa shape index (κ3) is 6.14. The van der Waals surface area contributed by atoms with E-state index in [2.05, 4.69) is 20.8 Å². The predicted molar refractivity (Wildman–Crippen MR) is 154 cm³/mol. The summed E-state index contributed by atoms with van der Waals surface area (Å²) in [7, 11) is 0. The molecule has 5 unspecified atom stereocenters. The standard InChI is InChI=1S/C34H54O7/c1-21(8-14-31(38)40-20-41-32(39)15-9-22-6-4-5-7-29(22)36)26-12-13-27-25-11-10-23-18-24(35)16-17-33(23,2)28(25)19-30(37)34(26,27)3/h21-28,30,35,37H,4-20H2,1-3H3/t21-,22?,23-,24-,25?,26?,27?,28?,30+,33+,34-/m1/s1. The summed E-state index contributed by atoms with van der Waals surface area (Å²) in [5.74, 6) is 2.36. The minimum absolute atomic E-state index is 0.0367. The minimum atomic E-state index is -0.425. The Balaban J connectivity index is 1.08. The highest BCUT2D eigenvalue weighted by atomic mass is 16.7. The molecule has 0 aromatic carbocycles. The van der Waals surface area contributed by atoms with Gasteiger partial charge < -0.3 is 19.7 Å². The number of fused-ring (bicyclic) bond motifs is 5. The smallest absolute Gasteiger partial charge is 0.308 e. The quantitative estimate of drug-likeness (QED) is 0.258. The summed E-state index contributed by atoms with van der Waals surface area (Å²) in [5.41, 5.74) is 0.103. The number of hydrogen-bond acceptors (Lipinski definition) is 7. The summed E-state index contributed by atoms with van der Waals surface area (Å²) in [4.78, 5) is 36.5. The van der Waals surface area contributed by atoms with E-state index in [1.54, 1.807) is 0 Å². The maximum absolute atomic E-state index is 12.5. The van der Waals surface area contributed by atoms with Crippen LogP contribution in [0, 0.1) is 52.3 Å².